The number of aryl methyl sites for hydroxylation is 1. The molecule has 0 aliphatic carbocycles. The minimum Gasteiger partial charge on any atom is -0.438 e. The Hall–Kier alpha value is -2.18. The summed E-state index contributed by atoms with van der Waals surface area (Å²) >= 11 is 0. The molecule has 2 heterocycles. The number of nitrogens with one attached hydrogen (secondary N) is 1. The van der Waals surface area contributed by atoms with Gasteiger partial charge in [0.05, 0.1) is 18.9 Å². The summed E-state index contributed by atoms with van der Waals surface area (Å²) in [6.45, 7) is 6.19. The number of aromatic nitrogens is 1. The molecule has 0 spiro atoms. The zero-order valence-electron chi connectivity index (χ0n) is 13.9. The summed E-state index contributed by atoms with van der Waals surface area (Å²) in [5, 5.41) is 2.83. The van der Waals surface area contributed by atoms with Crippen LogP contribution in [0.3, 0.4) is 0 Å². The third kappa shape index (κ3) is 4.43. The van der Waals surface area contributed by atoms with Gasteiger partial charge >= 0.3 is 0 Å². The van der Waals surface area contributed by atoms with Crippen molar-refractivity contribution in [1.29, 1.82) is 0 Å². The number of amides is 1. The maximum absolute atomic E-state index is 11.8. The molecule has 1 aliphatic rings. The zero-order valence-corrected chi connectivity index (χ0v) is 13.9. The number of morpholine rings is 1. The number of carbonyl (C=O) groups excluding carboxylic acids is 1. The highest BCUT2D eigenvalue weighted by atomic mass is 16.5. The van der Waals surface area contributed by atoms with Gasteiger partial charge in [-0.3, -0.25) is 9.69 Å². The number of benzene rings is 1. The van der Waals surface area contributed by atoms with E-state index in [0.717, 1.165) is 32.7 Å². The van der Waals surface area contributed by atoms with Gasteiger partial charge in [0.2, 0.25) is 5.76 Å². The second-order valence-electron chi connectivity index (χ2n) is 6.06. The van der Waals surface area contributed by atoms with E-state index >= 15 is 0 Å². The third-order valence-corrected chi connectivity index (χ3v) is 4.29. The quantitative estimate of drug-likeness (QED) is 0.878. The molecule has 2 aromatic rings. The number of rotatable bonds is 6. The molecule has 0 saturated carbocycles. The largest absolute Gasteiger partial charge is 0.438 e. The SMILES string of the molecule is Cc1ccccc1CN1CCO[C@@H](CCNC(=O)c2cnco2)C1. The van der Waals surface area contributed by atoms with Crippen molar-refractivity contribution in [1.82, 2.24) is 15.2 Å². The highest BCUT2D eigenvalue weighted by Crippen LogP contribution is 2.15. The van der Waals surface area contributed by atoms with Crippen LogP contribution in [0.15, 0.2) is 41.3 Å². The van der Waals surface area contributed by atoms with E-state index in [4.69, 9.17) is 9.15 Å². The molecule has 1 fully saturated rings. The zero-order chi connectivity index (χ0) is 16.8. The number of carbonyl (C=O) groups is 1. The molecule has 1 atom stereocenters. The maximum Gasteiger partial charge on any atom is 0.288 e. The van der Waals surface area contributed by atoms with Crippen LogP contribution in [0.2, 0.25) is 0 Å². The van der Waals surface area contributed by atoms with E-state index in [9.17, 15) is 4.79 Å². The van der Waals surface area contributed by atoms with Gasteiger partial charge in [0.1, 0.15) is 0 Å². The minimum absolute atomic E-state index is 0.137. The van der Waals surface area contributed by atoms with E-state index in [1.165, 1.54) is 23.7 Å². The molecule has 6 heteroatoms. The summed E-state index contributed by atoms with van der Waals surface area (Å²) < 4.78 is 10.8. The fourth-order valence-corrected chi connectivity index (χ4v) is 2.89. The number of hydrogen-bond donors (Lipinski definition) is 1. The van der Waals surface area contributed by atoms with Crippen molar-refractivity contribution in [2.45, 2.75) is 26.0 Å². The molecule has 128 valence electrons. The van der Waals surface area contributed by atoms with Crippen LogP contribution < -0.4 is 5.32 Å². The summed E-state index contributed by atoms with van der Waals surface area (Å²) in [6, 6.07) is 8.47. The van der Waals surface area contributed by atoms with Gasteiger partial charge in [-0.05, 0) is 24.5 Å². The fraction of sp³-hybridized carbons (Fsp3) is 0.444. The van der Waals surface area contributed by atoms with Crippen molar-refractivity contribution in [3.05, 3.63) is 53.7 Å². The first-order chi connectivity index (χ1) is 11.7. The van der Waals surface area contributed by atoms with Gasteiger partial charge in [0, 0.05) is 26.2 Å². The van der Waals surface area contributed by atoms with Crippen LogP contribution in [0.5, 0.6) is 0 Å². The summed E-state index contributed by atoms with van der Waals surface area (Å²) in [7, 11) is 0. The molecule has 1 aliphatic heterocycles. The molecule has 0 unspecified atom stereocenters. The second kappa shape index (κ2) is 8.08. The number of oxazole rings is 1. The first kappa shape index (κ1) is 16.7. The van der Waals surface area contributed by atoms with Gasteiger partial charge in [-0.25, -0.2) is 4.98 Å². The molecule has 0 radical (unpaired) electrons. The molecule has 1 aromatic carbocycles. The van der Waals surface area contributed by atoms with Gasteiger partial charge in [-0.15, -0.1) is 0 Å². The van der Waals surface area contributed by atoms with E-state index in [-0.39, 0.29) is 17.8 Å². The van der Waals surface area contributed by atoms with E-state index in [0.29, 0.717) is 6.54 Å². The smallest absolute Gasteiger partial charge is 0.288 e. The van der Waals surface area contributed by atoms with Crippen molar-refractivity contribution in [3.8, 4) is 0 Å². The Balaban J connectivity index is 1.44. The Morgan fingerprint density at radius 1 is 1.42 bits per heavy atom. The molecular formula is C18H23N3O3. The minimum atomic E-state index is -0.236. The van der Waals surface area contributed by atoms with Crippen molar-refractivity contribution in [2.75, 3.05) is 26.2 Å². The van der Waals surface area contributed by atoms with Crippen LogP contribution >= 0.6 is 0 Å². The lowest BCUT2D eigenvalue weighted by atomic mass is 10.1. The summed E-state index contributed by atoms with van der Waals surface area (Å²) in [5.74, 6) is 0.000757. The summed E-state index contributed by atoms with van der Waals surface area (Å²) in [5.41, 5.74) is 2.68. The van der Waals surface area contributed by atoms with Crippen molar-refractivity contribution in [2.24, 2.45) is 0 Å². The lowest BCUT2D eigenvalue weighted by Crippen LogP contribution is -2.43. The Morgan fingerprint density at radius 2 is 2.29 bits per heavy atom. The normalized spacial score (nSPS) is 18.5. The Bertz CT molecular complexity index is 657. The standard InChI is InChI=1S/C18H23N3O3/c1-14-4-2-3-5-15(14)11-21-8-9-23-16(12-21)6-7-20-18(22)17-10-19-13-24-17/h2-5,10,13,16H,6-9,11-12H2,1H3,(H,20,22)/t16-/m0/s1. The third-order valence-electron chi connectivity index (χ3n) is 4.29. The predicted molar refractivity (Wildman–Crippen MR) is 89.6 cm³/mol. The summed E-state index contributed by atoms with van der Waals surface area (Å²) in [4.78, 5) is 17.9. The average molecular weight is 329 g/mol. The van der Waals surface area contributed by atoms with Crippen LogP contribution in [-0.2, 0) is 11.3 Å². The molecule has 1 amide bonds. The van der Waals surface area contributed by atoms with E-state index < -0.39 is 0 Å². The van der Waals surface area contributed by atoms with Crippen LogP contribution in [0.1, 0.15) is 28.1 Å². The molecule has 3 rings (SSSR count). The lowest BCUT2D eigenvalue weighted by Gasteiger charge is -2.33. The van der Waals surface area contributed by atoms with Gasteiger partial charge < -0.3 is 14.5 Å². The maximum atomic E-state index is 11.8. The van der Waals surface area contributed by atoms with E-state index in [1.54, 1.807) is 0 Å². The van der Waals surface area contributed by atoms with Gasteiger partial charge in [-0.2, -0.15) is 0 Å². The molecule has 1 N–H and O–H groups in total. The molecule has 1 saturated heterocycles. The van der Waals surface area contributed by atoms with Crippen molar-refractivity contribution >= 4 is 5.91 Å². The molecule has 0 bridgehead atoms. The predicted octanol–water partition coefficient (Wildman–Crippen LogP) is 2.00. The highest BCUT2D eigenvalue weighted by molar-refractivity contribution is 5.90. The van der Waals surface area contributed by atoms with Gasteiger partial charge in [0.15, 0.2) is 6.39 Å². The van der Waals surface area contributed by atoms with E-state index in [1.807, 2.05) is 0 Å². The number of nitrogens with zero attached hydrogens (tertiary/aromatic N) is 2. The Morgan fingerprint density at radius 3 is 3.08 bits per heavy atom. The highest BCUT2D eigenvalue weighted by Gasteiger charge is 2.21. The average Bonchev–Trinajstić information content (AvgIpc) is 3.12. The fourth-order valence-electron chi connectivity index (χ4n) is 2.89. The first-order valence-electron chi connectivity index (χ1n) is 8.27. The molecule has 6 nitrogen and oxygen atoms in total. The van der Waals surface area contributed by atoms with Crippen molar-refractivity contribution < 1.29 is 13.9 Å². The van der Waals surface area contributed by atoms with Crippen LogP contribution in [-0.4, -0.2) is 48.1 Å². The van der Waals surface area contributed by atoms with Gasteiger partial charge in [0.25, 0.3) is 5.91 Å². The Kier molecular flexibility index (Phi) is 5.61. The monoisotopic (exact) mass is 329 g/mol. The van der Waals surface area contributed by atoms with Crippen molar-refractivity contribution in [3.63, 3.8) is 0 Å². The molecular weight excluding hydrogens is 306 g/mol. The van der Waals surface area contributed by atoms with Crippen LogP contribution in [0.25, 0.3) is 0 Å². The van der Waals surface area contributed by atoms with Crippen LogP contribution in [0.4, 0.5) is 0 Å². The molecule has 1 aromatic heterocycles. The Labute approximate surface area is 141 Å². The van der Waals surface area contributed by atoms with Crippen LogP contribution in [0, 0.1) is 6.92 Å². The van der Waals surface area contributed by atoms with Gasteiger partial charge in [-0.1, -0.05) is 24.3 Å². The lowest BCUT2D eigenvalue weighted by molar-refractivity contribution is -0.0342. The number of ether oxygens (including phenoxy) is 1. The second-order valence-corrected chi connectivity index (χ2v) is 6.06. The number of hydrogen-bond acceptors (Lipinski definition) is 5. The summed E-state index contributed by atoms with van der Waals surface area (Å²) in [6.07, 6.45) is 3.58. The molecule has 24 heavy (non-hydrogen) atoms. The first-order valence-corrected chi connectivity index (χ1v) is 8.27. The van der Waals surface area contributed by atoms with E-state index in [2.05, 4.69) is 46.4 Å². The topological polar surface area (TPSA) is 67.6 Å².